The zero-order valence-electron chi connectivity index (χ0n) is 15.7. The number of ether oxygens (including phenoxy) is 4. The highest BCUT2D eigenvalue weighted by Gasteiger charge is 2.51. The molecule has 1 amide bonds. The quantitative estimate of drug-likeness (QED) is 0.472. The molecule has 10 nitrogen and oxygen atoms in total. The van der Waals surface area contributed by atoms with Crippen LogP contribution in [-0.2, 0) is 42.9 Å². The predicted octanol–water partition coefficient (Wildman–Crippen LogP) is -0.0778. The highest BCUT2D eigenvalue weighted by atomic mass is 32.2. The summed E-state index contributed by atoms with van der Waals surface area (Å²) < 4.78 is 21.0. The highest BCUT2D eigenvalue weighted by Crippen LogP contribution is 2.33. The van der Waals surface area contributed by atoms with E-state index in [0.717, 1.165) is 18.7 Å². The molecule has 1 aliphatic heterocycles. The van der Waals surface area contributed by atoms with Crippen molar-refractivity contribution in [2.75, 3.05) is 6.61 Å². The lowest BCUT2D eigenvalue weighted by Gasteiger charge is -2.44. The van der Waals surface area contributed by atoms with Crippen LogP contribution in [0.3, 0.4) is 0 Å². The molecule has 1 saturated heterocycles. The van der Waals surface area contributed by atoms with E-state index in [1.165, 1.54) is 27.7 Å². The fraction of sp³-hybridized carbons (Fsp3) is 0.688. The average molecular weight is 405 g/mol. The molecule has 1 aliphatic rings. The van der Waals surface area contributed by atoms with Crippen molar-refractivity contribution in [2.24, 2.45) is 0 Å². The second kappa shape index (κ2) is 10.3. The van der Waals surface area contributed by atoms with Crippen molar-refractivity contribution < 1.29 is 42.9 Å². The molecule has 11 heteroatoms. The van der Waals surface area contributed by atoms with Crippen LogP contribution in [0, 0.1) is 0 Å². The van der Waals surface area contributed by atoms with Gasteiger partial charge in [0, 0.05) is 34.6 Å². The van der Waals surface area contributed by atoms with Gasteiger partial charge in [-0.1, -0.05) is 11.8 Å². The number of hydrogen-bond acceptors (Lipinski definition) is 10. The van der Waals surface area contributed by atoms with Crippen LogP contribution in [0.4, 0.5) is 0 Å². The molecule has 27 heavy (non-hydrogen) atoms. The van der Waals surface area contributed by atoms with Crippen LogP contribution >= 0.6 is 11.8 Å². The molecule has 0 radical (unpaired) electrons. The van der Waals surface area contributed by atoms with Crippen molar-refractivity contribution in [1.82, 2.24) is 5.32 Å². The zero-order valence-corrected chi connectivity index (χ0v) is 16.5. The number of nitrogens with one attached hydrogen (secondary N) is 1. The molecule has 0 spiro atoms. The van der Waals surface area contributed by atoms with Crippen LogP contribution in [0.15, 0.2) is 0 Å². The number of carbonyl (C=O) groups excluding carboxylic acids is 5. The number of carbonyl (C=O) groups is 5. The summed E-state index contributed by atoms with van der Waals surface area (Å²) in [5.74, 6) is -2.39. The lowest BCUT2D eigenvalue weighted by atomic mass is 9.99. The molecular formula is C16H23NO9S. The lowest BCUT2D eigenvalue weighted by Crippen LogP contribution is -2.64. The van der Waals surface area contributed by atoms with E-state index >= 15 is 0 Å². The Labute approximate surface area is 160 Å². The Kier molecular flexibility index (Phi) is 8.70. The van der Waals surface area contributed by atoms with E-state index in [2.05, 4.69) is 5.32 Å². The van der Waals surface area contributed by atoms with Crippen LogP contribution in [-0.4, -0.2) is 65.3 Å². The second-order valence-corrected chi connectivity index (χ2v) is 7.18. The second-order valence-electron chi connectivity index (χ2n) is 5.83. The van der Waals surface area contributed by atoms with Crippen molar-refractivity contribution in [1.29, 1.82) is 0 Å². The van der Waals surface area contributed by atoms with E-state index in [1.807, 2.05) is 0 Å². The topological polar surface area (TPSA) is 134 Å². The molecule has 0 bridgehead atoms. The predicted molar refractivity (Wildman–Crippen MR) is 92.3 cm³/mol. The number of hydrogen-bond donors (Lipinski definition) is 1. The Balaban J connectivity index is 3.29. The number of esters is 3. The summed E-state index contributed by atoms with van der Waals surface area (Å²) in [6.45, 7) is 5.76. The minimum absolute atomic E-state index is 0.299. The van der Waals surface area contributed by atoms with E-state index < -0.39 is 53.6 Å². The van der Waals surface area contributed by atoms with Crippen molar-refractivity contribution >= 4 is 40.7 Å². The van der Waals surface area contributed by atoms with Gasteiger partial charge in [-0.15, -0.1) is 0 Å². The van der Waals surface area contributed by atoms with Crippen molar-refractivity contribution in [3.63, 3.8) is 0 Å². The van der Waals surface area contributed by atoms with Gasteiger partial charge in [-0.05, 0) is 0 Å². The van der Waals surface area contributed by atoms with Gasteiger partial charge in [0.05, 0.1) is 5.25 Å². The Morgan fingerprint density at radius 3 is 1.96 bits per heavy atom. The van der Waals surface area contributed by atoms with Gasteiger partial charge in [0.1, 0.15) is 24.9 Å². The molecule has 0 aromatic rings. The van der Waals surface area contributed by atoms with Crippen LogP contribution < -0.4 is 5.32 Å². The van der Waals surface area contributed by atoms with Gasteiger partial charge in [-0.2, -0.15) is 0 Å². The molecule has 1 N–H and O–H groups in total. The third-order valence-electron chi connectivity index (χ3n) is 3.35. The van der Waals surface area contributed by atoms with Crippen molar-refractivity contribution in [2.45, 2.75) is 64.4 Å². The van der Waals surface area contributed by atoms with Crippen LogP contribution in [0.5, 0.6) is 0 Å². The van der Waals surface area contributed by atoms with E-state index in [4.69, 9.17) is 18.9 Å². The summed E-state index contributed by atoms with van der Waals surface area (Å²) in [6, 6.07) is -0.974. The lowest BCUT2D eigenvalue weighted by molar-refractivity contribution is -0.241. The molecule has 0 aromatic carbocycles. The minimum atomic E-state index is -1.27. The summed E-state index contributed by atoms with van der Waals surface area (Å²) in [5, 5.41) is 1.41. The van der Waals surface area contributed by atoms with Gasteiger partial charge in [0.2, 0.25) is 12.2 Å². The number of amides is 1. The fourth-order valence-electron chi connectivity index (χ4n) is 2.55. The first-order valence-electron chi connectivity index (χ1n) is 8.08. The first-order valence-corrected chi connectivity index (χ1v) is 8.96. The molecule has 152 valence electrons. The molecule has 0 saturated carbocycles. The number of thioether (sulfide) groups is 1. The molecule has 1 heterocycles. The number of rotatable bonds is 6. The minimum Gasteiger partial charge on any atom is -0.463 e. The summed E-state index contributed by atoms with van der Waals surface area (Å²) in [6.07, 6.45) is -3.32. The van der Waals surface area contributed by atoms with Crippen LogP contribution in [0.1, 0.15) is 34.6 Å². The first kappa shape index (κ1) is 22.9. The molecule has 0 unspecified atom stereocenters. The van der Waals surface area contributed by atoms with Gasteiger partial charge in [-0.3, -0.25) is 24.0 Å². The van der Waals surface area contributed by atoms with Gasteiger partial charge in [-0.25, -0.2) is 0 Å². The highest BCUT2D eigenvalue weighted by molar-refractivity contribution is 8.14. The summed E-state index contributed by atoms with van der Waals surface area (Å²) in [7, 11) is 0. The Bertz CT molecular complexity index is 609. The van der Waals surface area contributed by atoms with Crippen molar-refractivity contribution in [3.05, 3.63) is 0 Å². The summed E-state index contributed by atoms with van der Waals surface area (Å²) in [5.41, 5.74) is 0. The summed E-state index contributed by atoms with van der Waals surface area (Å²) in [4.78, 5) is 57.5. The third-order valence-corrected chi connectivity index (χ3v) is 4.52. The molecule has 1 rings (SSSR count). The smallest absolute Gasteiger partial charge is 0.305 e. The van der Waals surface area contributed by atoms with Crippen LogP contribution in [0.25, 0.3) is 0 Å². The van der Waals surface area contributed by atoms with Gasteiger partial charge >= 0.3 is 17.9 Å². The van der Waals surface area contributed by atoms with Crippen molar-refractivity contribution in [3.8, 4) is 0 Å². The first-order chi connectivity index (χ1) is 12.5. The zero-order chi connectivity index (χ0) is 20.7. The van der Waals surface area contributed by atoms with E-state index in [9.17, 15) is 24.0 Å². The van der Waals surface area contributed by atoms with E-state index in [1.54, 1.807) is 0 Å². The van der Waals surface area contributed by atoms with Gasteiger partial charge in [0.25, 0.3) is 0 Å². The largest absolute Gasteiger partial charge is 0.463 e. The third kappa shape index (κ3) is 7.55. The summed E-state index contributed by atoms with van der Waals surface area (Å²) >= 11 is 0.802. The maximum atomic E-state index is 11.8. The average Bonchev–Trinajstić information content (AvgIpc) is 2.49. The van der Waals surface area contributed by atoms with Crippen LogP contribution in [0.2, 0.25) is 0 Å². The maximum absolute atomic E-state index is 11.8. The van der Waals surface area contributed by atoms with Gasteiger partial charge in [0.15, 0.2) is 5.12 Å². The SMILES string of the molecule is CC(=O)N[C@@H]1[C@H](OC(C)=O)O[C@H](COC(C)=O)[C@@H](OC(C)=O)[C@@H]1SC(C)=O. The fourth-order valence-corrected chi connectivity index (χ4v) is 3.65. The molecule has 0 aromatic heterocycles. The maximum Gasteiger partial charge on any atom is 0.305 e. The molecule has 5 atom stereocenters. The molecule has 0 aliphatic carbocycles. The Morgan fingerprint density at radius 2 is 1.52 bits per heavy atom. The normalized spacial score (nSPS) is 27.2. The Hall–Kier alpha value is -2.14. The van der Waals surface area contributed by atoms with E-state index in [-0.39, 0.29) is 11.7 Å². The van der Waals surface area contributed by atoms with Gasteiger partial charge < -0.3 is 24.3 Å². The monoisotopic (exact) mass is 405 g/mol. The Morgan fingerprint density at radius 1 is 0.926 bits per heavy atom. The van der Waals surface area contributed by atoms with E-state index in [0.29, 0.717) is 0 Å². The molecule has 1 fully saturated rings. The standard InChI is InChI=1S/C16H23NO9S/c1-7(18)17-13-15(27-11(5)22)14(24-9(3)20)12(6-23-8(2)19)26-16(13)25-10(4)21/h12-16H,6H2,1-5H3,(H,17,18)/t12-,13+,14-,15-,16-/m1/s1. The molecular weight excluding hydrogens is 382 g/mol.